The van der Waals surface area contributed by atoms with Crippen molar-refractivity contribution in [2.45, 2.75) is 0 Å². The third-order valence-corrected chi connectivity index (χ3v) is 3.03. The molecule has 108 valence electrons. The number of hydrogen-bond acceptors (Lipinski definition) is 3. The Morgan fingerprint density at radius 3 is 2.52 bits per heavy atom. The first-order valence-corrected chi connectivity index (χ1v) is 6.15. The van der Waals surface area contributed by atoms with E-state index in [1.54, 1.807) is 0 Å². The first-order valence-electron chi connectivity index (χ1n) is 5.77. The number of carboxylic acids is 1. The molecule has 0 aliphatic heterocycles. The van der Waals surface area contributed by atoms with Crippen LogP contribution in [0, 0.1) is 5.82 Å². The molecular weight excluding hydrogens is 299 g/mol. The van der Waals surface area contributed by atoms with E-state index in [1.807, 2.05) is 0 Å². The van der Waals surface area contributed by atoms with E-state index in [-0.39, 0.29) is 27.5 Å². The molecule has 0 atom stereocenters. The summed E-state index contributed by atoms with van der Waals surface area (Å²) in [5.74, 6) is -2.70. The highest BCUT2D eigenvalue weighted by Gasteiger charge is 2.15. The van der Waals surface area contributed by atoms with E-state index in [1.165, 1.54) is 30.3 Å². The number of rotatable bonds is 3. The fourth-order valence-electron chi connectivity index (χ4n) is 1.66. The SMILES string of the molecule is Nc1ccc(C(=O)Nc2cc(C(=O)O)ccc2Cl)c(F)c1. The topological polar surface area (TPSA) is 92.4 Å². The average molecular weight is 309 g/mol. The molecule has 1 amide bonds. The normalized spacial score (nSPS) is 10.2. The zero-order valence-electron chi connectivity index (χ0n) is 10.6. The van der Waals surface area contributed by atoms with E-state index >= 15 is 0 Å². The predicted octanol–water partition coefficient (Wildman–Crippen LogP) is 3.01. The van der Waals surface area contributed by atoms with Crippen LogP contribution in [-0.4, -0.2) is 17.0 Å². The second-order valence-corrected chi connectivity index (χ2v) is 4.60. The lowest BCUT2D eigenvalue weighted by atomic mass is 10.1. The molecular formula is C14H10ClFN2O3. The Bertz CT molecular complexity index is 734. The van der Waals surface area contributed by atoms with E-state index in [2.05, 4.69) is 5.32 Å². The first kappa shape index (κ1) is 14.8. The largest absolute Gasteiger partial charge is 0.478 e. The molecule has 0 aliphatic rings. The van der Waals surface area contributed by atoms with Crippen LogP contribution in [0.4, 0.5) is 15.8 Å². The Kier molecular flexibility index (Phi) is 4.09. The third-order valence-electron chi connectivity index (χ3n) is 2.70. The Morgan fingerprint density at radius 2 is 1.90 bits per heavy atom. The molecule has 5 nitrogen and oxygen atoms in total. The van der Waals surface area contributed by atoms with E-state index in [4.69, 9.17) is 22.4 Å². The van der Waals surface area contributed by atoms with Gasteiger partial charge in [-0.2, -0.15) is 0 Å². The number of nitrogens with two attached hydrogens (primary N) is 1. The highest BCUT2D eigenvalue weighted by atomic mass is 35.5. The molecule has 0 saturated heterocycles. The van der Waals surface area contributed by atoms with Crippen molar-refractivity contribution in [2.24, 2.45) is 0 Å². The lowest BCUT2D eigenvalue weighted by Crippen LogP contribution is -2.14. The van der Waals surface area contributed by atoms with Gasteiger partial charge in [0.25, 0.3) is 5.91 Å². The van der Waals surface area contributed by atoms with Gasteiger partial charge in [0, 0.05) is 5.69 Å². The second kappa shape index (κ2) is 5.80. The number of benzene rings is 2. The van der Waals surface area contributed by atoms with Crippen LogP contribution < -0.4 is 11.1 Å². The summed E-state index contributed by atoms with van der Waals surface area (Å²) in [5, 5.41) is 11.4. The van der Waals surface area contributed by atoms with Gasteiger partial charge in [0.05, 0.1) is 21.8 Å². The average Bonchev–Trinajstić information content (AvgIpc) is 2.40. The first-order chi connectivity index (χ1) is 9.88. The summed E-state index contributed by atoms with van der Waals surface area (Å²) in [5.41, 5.74) is 5.40. The summed E-state index contributed by atoms with van der Waals surface area (Å²) in [6.45, 7) is 0. The number of amides is 1. The molecule has 0 saturated carbocycles. The molecule has 0 aromatic heterocycles. The van der Waals surface area contributed by atoms with E-state index in [0.717, 1.165) is 6.07 Å². The Hall–Kier alpha value is -2.60. The van der Waals surface area contributed by atoms with Gasteiger partial charge in [-0.1, -0.05) is 11.6 Å². The Balaban J connectivity index is 2.31. The monoisotopic (exact) mass is 308 g/mol. The summed E-state index contributed by atoms with van der Waals surface area (Å²) < 4.78 is 13.6. The van der Waals surface area contributed by atoms with Gasteiger partial charge in [-0.25, -0.2) is 9.18 Å². The highest BCUT2D eigenvalue weighted by molar-refractivity contribution is 6.34. The van der Waals surface area contributed by atoms with Crippen LogP contribution in [0.15, 0.2) is 36.4 Å². The smallest absolute Gasteiger partial charge is 0.335 e. The van der Waals surface area contributed by atoms with Crippen LogP contribution in [0.3, 0.4) is 0 Å². The number of halogens is 2. The zero-order chi connectivity index (χ0) is 15.6. The van der Waals surface area contributed by atoms with Gasteiger partial charge in [0.1, 0.15) is 5.82 Å². The summed E-state index contributed by atoms with van der Waals surface area (Å²) >= 11 is 5.88. The number of carbonyl (C=O) groups excluding carboxylic acids is 1. The van der Waals surface area contributed by atoms with Crippen molar-refractivity contribution >= 4 is 34.9 Å². The van der Waals surface area contributed by atoms with Crippen LogP contribution in [0.1, 0.15) is 20.7 Å². The minimum Gasteiger partial charge on any atom is -0.478 e. The van der Waals surface area contributed by atoms with E-state index in [0.29, 0.717) is 0 Å². The molecule has 0 spiro atoms. The van der Waals surface area contributed by atoms with Gasteiger partial charge in [-0.05, 0) is 36.4 Å². The summed E-state index contributed by atoms with van der Waals surface area (Å²) in [4.78, 5) is 22.9. The molecule has 0 fully saturated rings. The fourth-order valence-corrected chi connectivity index (χ4v) is 1.82. The van der Waals surface area contributed by atoms with Crippen molar-refractivity contribution < 1.29 is 19.1 Å². The number of nitrogens with one attached hydrogen (secondary N) is 1. The number of carbonyl (C=O) groups is 2. The molecule has 0 heterocycles. The van der Waals surface area contributed by atoms with Crippen molar-refractivity contribution in [2.75, 3.05) is 11.1 Å². The number of carboxylic acid groups (broad SMARTS) is 1. The molecule has 2 aromatic rings. The number of anilines is 2. The quantitative estimate of drug-likeness (QED) is 0.760. The number of aromatic carboxylic acids is 1. The lowest BCUT2D eigenvalue weighted by molar-refractivity contribution is 0.0696. The van der Waals surface area contributed by atoms with Gasteiger partial charge in [0.2, 0.25) is 0 Å². The Labute approximate surface area is 124 Å². The van der Waals surface area contributed by atoms with Gasteiger partial charge in [-0.15, -0.1) is 0 Å². The van der Waals surface area contributed by atoms with Crippen molar-refractivity contribution in [3.8, 4) is 0 Å². The van der Waals surface area contributed by atoms with Crippen molar-refractivity contribution in [1.29, 1.82) is 0 Å². The summed E-state index contributed by atoms with van der Waals surface area (Å²) in [6.07, 6.45) is 0. The van der Waals surface area contributed by atoms with Crippen LogP contribution in [0.5, 0.6) is 0 Å². The second-order valence-electron chi connectivity index (χ2n) is 4.19. The van der Waals surface area contributed by atoms with Crippen LogP contribution in [0.25, 0.3) is 0 Å². The summed E-state index contributed by atoms with van der Waals surface area (Å²) in [6, 6.07) is 7.45. The minimum absolute atomic E-state index is 0.0486. The van der Waals surface area contributed by atoms with Crippen molar-refractivity contribution in [3.05, 3.63) is 58.4 Å². The maximum Gasteiger partial charge on any atom is 0.335 e. The van der Waals surface area contributed by atoms with E-state index < -0.39 is 17.7 Å². The zero-order valence-corrected chi connectivity index (χ0v) is 11.3. The van der Waals surface area contributed by atoms with Gasteiger partial charge in [0.15, 0.2) is 0 Å². The minimum atomic E-state index is -1.17. The maximum atomic E-state index is 13.6. The molecule has 0 bridgehead atoms. The molecule has 2 rings (SSSR count). The molecule has 21 heavy (non-hydrogen) atoms. The molecule has 0 unspecified atom stereocenters. The third kappa shape index (κ3) is 3.29. The number of hydrogen-bond donors (Lipinski definition) is 3. The van der Waals surface area contributed by atoms with Crippen molar-refractivity contribution in [1.82, 2.24) is 0 Å². The highest BCUT2D eigenvalue weighted by Crippen LogP contribution is 2.24. The maximum absolute atomic E-state index is 13.6. The van der Waals surface area contributed by atoms with Crippen LogP contribution in [0.2, 0.25) is 5.02 Å². The lowest BCUT2D eigenvalue weighted by Gasteiger charge is -2.09. The Morgan fingerprint density at radius 1 is 1.19 bits per heavy atom. The number of nitrogen functional groups attached to an aromatic ring is 1. The summed E-state index contributed by atoms with van der Waals surface area (Å²) in [7, 11) is 0. The molecule has 0 aliphatic carbocycles. The standard InChI is InChI=1S/C14H10ClFN2O3/c15-10-4-1-7(14(20)21)5-12(10)18-13(19)9-3-2-8(17)6-11(9)16/h1-6H,17H2,(H,18,19)(H,20,21). The van der Waals surface area contributed by atoms with E-state index in [9.17, 15) is 14.0 Å². The van der Waals surface area contributed by atoms with Gasteiger partial charge < -0.3 is 16.2 Å². The molecule has 0 radical (unpaired) electrons. The fraction of sp³-hybridized carbons (Fsp3) is 0. The van der Waals surface area contributed by atoms with Crippen LogP contribution >= 0.6 is 11.6 Å². The van der Waals surface area contributed by atoms with Gasteiger partial charge >= 0.3 is 5.97 Å². The molecule has 2 aromatic carbocycles. The molecule has 4 N–H and O–H groups in total. The van der Waals surface area contributed by atoms with Gasteiger partial charge in [-0.3, -0.25) is 4.79 Å². The van der Waals surface area contributed by atoms with Crippen LogP contribution in [-0.2, 0) is 0 Å². The van der Waals surface area contributed by atoms with Crippen molar-refractivity contribution in [3.63, 3.8) is 0 Å². The molecule has 7 heteroatoms. The predicted molar refractivity (Wildman–Crippen MR) is 77.2 cm³/mol.